The van der Waals surface area contributed by atoms with E-state index >= 15 is 0 Å². The fourth-order valence-electron chi connectivity index (χ4n) is 4.07. The summed E-state index contributed by atoms with van der Waals surface area (Å²) in [7, 11) is 0. The van der Waals surface area contributed by atoms with E-state index in [0.717, 1.165) is 65.7 Å². The zero-order valence-corrected chi connectivity index (χ0v) is 17.5. The number of para-hydroxylation sites is 2. The number of nitrogens with zero attached hydrogens (tertiary/aromatic N) is 2. The maximum atomic E-state index is 6.01. The molecule has 0 saturated carbocycles. The SMILES string of the molecule is c1ccc(-n2nccc2CCCCCCOc2ccc3oc4ccccc4c3c2)cc1. The van der Waals surface area contributed by atoms with Crippen molar-refractivity contribution in [2.45, 2.75) is 32.1 Å². The number of hydrogen-bond donors (Lipinski definition) is 0. The van der Waals surface area contributed by atoms with E-state index in [0.29, 0.717) is 0 Å². The zero-order chi connectivity index (χ0) is 20.9. The van der Waals surface area contributed by atoms with Crippen molar-refractivity contribution in [3.8, 4) is 11.4 Å². The minimum absolute atomic E-state index is 0.739. The Hall–Kier alpha value is -3.53. The Bertz CT molecular complexity index is 1270. The van der Waals surface area contributed by atoms with Gasteiger partial charge in [-0.05, 0) is 61.7 Å². The van der Waals surface area contributed by atoms with Crippen molar-refractivity contribution >= 4 is 21.9 Å². The molecule has 0 aliphatic rings. The molecule has 0 aliphatic heterocycles. The molecule has 31 heavy (non-hydrogen) atoms. The second-order valence-electron chi connectivity index (χ2n) is 7.84. The van der Waals surface area contributed by atoms with Crippen LogP contribution in [0.2, 0.25) is 0 Å². The molecule has 5 aromatic rings. The van der Waals surface area contributed by atoms with Crippen LogP contribution in [0.15, 0.2) is 89.5 Å². The number of hydrogen-bond acceptors (Lipinski definition) is 3. The van der Waals surface area contributed by atoms with Crippen molar-refractivity contribution in [1.29, 1.82) is 0 Å². The molecule has 0 N–H and O–H groups in total. The highest BCUT2D eigenvalue weighted by Crippen LogP contribution is 2.31. The molecular formula is C27H26N2O2. The van der Waals surface area contributed by atoms with Gasteiger partial charge in [-0.2, -0.15) is 5.10 Å². The standard InChI is InChI=1S/C27H26N2O2/c1(4-12-22-17-18-28-29(22)21-10-5-3-6-11-21)2-9-19-30-23-15-16-27-25(20-23)24-13-7-8-14-26(24)31-27/h3,5-8,10-11,13-18,20H,1-2,4,9,12,19H2. The summed E-state index contributed by atoms with van der Waals surface area (Å²) in [5.41, 5.74) is 4.22. The van der Waals surface area contributed by atoms with Crippen LogP contribution in [0.5, 0.6) is 5.75 Å². The number of rotatable bonds is 9. The maximum absolute atomic E-state index is 6.01. The third kappa shape index (κ3) is 4.33. The predicted molar refractivity (Wildman–Crippen MR) is 125 cm³/mol. The minimum Gasteiger partial charge on any atom is -0.494 e. The highest BCUT2D eigenvalue weighted by atomic mass is 16.5. The van der Waals surface area contributed by atoms with Crippen LogP contribution in [0.3, 0.4) is 0 Å². The maximum Gasteiger partial charge on any atom is 0.135 e. The van der Waals surface area contributed by atoms with Crippen LogP contribution in [-0.4, -0.2) is 16.4 Å². The van der Waals surface area contributed by atoms with Crippen LogP contribution in [0.25, 0.3) is 27.6 Å². The van der Waals surface area contributed by atoms with Crippen LogP contribution >= 0.6 is 0 Å². The van der Waals surface area contributed by atoms with E-state index in [1.165, 1.54) is 12.1 Å². The summed E-state index contributed by atoms with van der Waals surface area (Å²) in [5, 5.41) is 6.73. The quantitative estimate of drug-likeness (QED) is 0.247. The molecule has 4 heteroatoms. The number of furan rings is 1. The van der Waals surface area contributed by atoms with Crippen LogP contribution in [0, 0.1) is 0 Å². The van der Waals surface area contributed by atoms with Gasteiger partial charge < -0.3 is 9.15 Å². The Labute approximate surface area is 182 Å². The molecule has 156 valence electrons. The smallest absolute Gasteiger partial charge is 0.135 e. The minimum atomic E-state index is 0.739. The largest absolute Gasteiger partial charge is 0.494 e. The van der Waals surface area contributed by atoms with E-state index in [1.54, 1.807) is 0 Å². The third-order valence-corrected chi connectivity index (χ3v) is 5.67. The Morgan fingerprint density at radius 3 is 2.48 bits per heavy atom. The number of aromatic nitrogens is 2. The van der Waals surface area contributed by atoms with Gasteiger partial charge in [-0.25, -0.2) is 4.68 Å². The van der Waals surface area contributed by atoms with E-state index in [1.807, 2.05) is 59.4 Å². The van der Waals surface area contributed by atoms with Gasteiger partial charge in [-0.15, -0.1) is 0 Å². The number of fused-ring (bicyclic) bond motifs is 3. The number of ether oxygens (including phenoxy) is 1. The monoisotopic (exact) mass is 410 g/mol. The first-order chi connectivity index (χ1) is 15.4. The lowest BCUT2D eigenvalue weighted by Crippen LogP contribution is -2.02. The van der Waals surface area contributed by atoms with Gasteiger partial charge >= 0.3 is 0 Å². The van der Waals surface area contributed by atoms with E-state index in [-0.39, 0.29) is 0 Å². The molecule has 4 nitrogen and oxygen atoms in total. The van der Waals surface area contributed by atoms with Gasteiger partial charge in [0.05, 0.1) is 12.3 Å². The fourth-order valence-corrected chi connectivity index (χ4v) is 4.07. The average Bonchev–Trinajstić information content (AvgIpc) is 3.43. The lowest BCUT2D eigenvalue weighted by atomic mass is 10.1. The number of unbranched alkanes of at least 4 members (excludes halogenated alkanes) is 3. The molecule has 0 unspecified atom stereocenters. The first kappa shape index (κ1) is 19.4. The topological polar surface area (TPSA) is 40.2 Å². The van der Waals surface area contributed by atoms with Crippen molar-refractivity contribution < 1.29 is 9.15 Å². The lowest BCUT2D eigenvalue weighted by Gasteiger charge is -2.08. The molecule has 0 spiro atoms. The van der Waals surface area contributed by atoms with Crippen molar-refractivity contribution in [2.24, 2.45) is 0 Å². The van der Waals surface area contributed by atoms with Crippen molar-refractivity contribution in [2.75, 3.05) is 6.61 Å². The molecule has 0 atom stereocenters. The molecule has 3 aromatic carbocycles. The molecule has 2 heterocycles. The zero-order valence-electron chi connectivity index (χ0n) is 17.5. The van der Waals surface area contributed by atoms with Gasteiger partial charge in [0.1, 0.15) is 16.9 Å². The van der Waals surface area contributed by atoms with Gasteiger partial charge in [0.2, 0.25) is 0 Å². The number of aryl methyl sites for hydroxylation is 1. The lowest BCUT2D eigenvalue weighted by molar-refractivity contribution is 0.305. The summed E-state index contributed by atoms with van der Waals surface area (Å²) in [6.45, 7) is 0.739. The molecule has 0 bridgehead atoms. The third-order valence-electron chi connectivity index (χ3n) is 5.67. The molecule has 0 amide bonds. The molecule has 0 aliphatic carbocycles. The Kier molecular flexibility index (Phi) is 5.70. The van der Waals surface area contributed by atoms with Crippen LogP contribution in [0.1, 0.15) is 31.4 Å². The van der Waals surface area contributed by atoms with Crippen molar-refractivity contribution in [1.82, 2.24) is 9.78 Å². The summed E-state index contributed by atoms with van der Waals surface area (Å²) in [6, 6.07) is 26.7. The van der Waals surface area contributed by atoms with E-state index in [4.69, 9.17) is 9.15 Å². The molecule has 0 fully saturated rings. The predicted octanol–water partition coefficient (Wildman–Crippen LogP) is 6.95. The van der Waals surface area contributed by atoms with Gasteiger partial charge in [0.25, 0.3) is 0 Å². The van der Waals surface area contributed by atoms with Crippen molar-refractivity contribution in [3.63, 3.8) is 0 Å². The highest BCUT2D eigenvalue weighted by molar-refractivity contribution is 6.05. The first-order valence-corrected chi connectivity index (χ1v) is 11.0. The summed E-state index contributed by atoms with van der Waals surface area (Å²) < 4.78 is 13.9. The average molecular weight is 411 g/mol. The molecule has 0 radical (unpaired) electrons. The second kappa shape index (κ2) is 9.09. The molecule has 0 saturated heterocycles. The summed E-state index contributed by atoms with van der Waals surface area (Å²) in [6.07, 6.45) is 7.49. The van der Waals surface area contributed by atoms with Gasteiger partial charge in [0.15, 0.2) is 0 Å². The highest BCUT2D eigenvalue weighted by Gasteiger charge is 2.07. The summed E-state index contributed by atoms with van der Waals surface area (Å²) >= 11 is 0. The summed E-state index contributed by atoms with van der Waals surface area (Å²) in [5.74, 6) is 0.908. The molecular weight excluding hydrogens is 384 g/mol. The van der Waals surface area contributed by atoms with E-state index < -0.39 is 0 Å². The van der Waals surface area contributed by atoms with Gasteiger partial charge in [-0.3, -0.25) is 0 Å². The van der Waals surface area contributed by atoms with Crippen molar-refractivity contribution in [3.05, 3.63) is 90.8 Å². The molecule has 2 aromatic heterocycles. The number of benzene rings is 3. The molecule has 5 rings (SSSR count). The Balaban J connectivity index is 1.08. The normalized spacial score (nSPS) is 11.4. The van der Waals surface area contributed by atoms with Crippen LogP contribution in [-0.2, 0) is 6.42 Å². The first-order valence-electron chi connectivity index (χ1n) is 11.0. The van der Waals surface area contributed by atoms with E-state index in [9.17, 15) is 0 Å². The Morgan fingerprint density at radius 1 is 0.742 bits per heavy atom. The summed E-state index contributed by atoms with van der Waals surface area (Å²) in [4.78, 5) is 0. The van der Waals surface area contributed by atoms with Gasteiger partial charge in [-0.1, -0.05) is 49.2 Å². The Morgan fingerprint density at radius 2 is 1.55 bits per heavy atom. The second-order valence-corrected chi connectivity index (χ2v) is 7.84. The van der Waals surface area contributed by atoms with Crippen LogP contribution < -0.4 is 4.74 Å². The van der Waals surface area contributed by atoms with Gasteiger partial charge in [0, 0.05) is 22.7 Å². The van der Waals surface area contributed by atoms with Crippen LogP contribution in [0.4, 0.5) is 0 Å². The fraction of sp³-hybridized carbons (Fsp3) is 0.222. The van der Waals surface area contributed by atoms with E-state index in [2.05, 4.69) is 35.4 Å².